The molecule has 0 spiro atoms. The molecule has 4 saturated carbocycles. The van der Waals surface area contributed by atoms with Crippen molar-refractivity contribution in [2.24, 2.45) is 34.2 Å². The minimum atomic E-state index is 0.288. The zero-order valence-corrected chi connectivity index (χ0v) is 13.5. The average Bonchev–Trinajstić information content (AvgIpc) is 2.80. The van der Waals surface area contributed by atoms with E-state index in [1.165, 1.54) is 44.2 Å². The number of thiocarbonyl (C=S) groups is 1. The van der Waals surface area contributed by atoms with Crippen LogP contribution in [0.1, 0.15) is 57.8 Å². The summed E-state index contributed by atoms with van der Waals surface area (Å²) in [6, 6.07) is 0. The molecule has 1 unspecified atom stereocenters. The second-order valence-corrected chi connectivity index (χ2v) is 8.38. The summed E-state index contributed by atoms with van der Waals surface area (Å²) in [6.45, 7) is 0.288. The first kappa shape index (κ1) is 14.1. The number of hydrazone groups is 1. The van der Waals surface area contributed by atoms with Crippen LogP contribution in [0, 0.1) is 29.1 Å². The van der Waals surface area contributed by atoms with E-state index < -0.39 is 0 Å². The fraction of sp³-hybridized carbons (Fsp3) is 0.882. The van der Waals surface area contributed by atoms with Crippen molar-refractivity contribution in [3.05, 3.63) is 0 Å². The molecule has 2 N–H and O–H groups in total. The summed E-state index contributed by atoms with van der Waals surface area (Å²) in [5.41, 5.74) is 4.89. The summed E-state index contributed by atoms with van der Waals surface area (Å²) in [7, 11) is 0. The van der Waals surface area contributed by atoms with Crippen molar-refractivity contribution in [1.82, 2.24) is 5.43 Å². The predicted octanol–water partition coefficient (Wildman–Crippen LogP) is 3.27. The molecule has 3 nitrogen and oxygen atoms in total. The lowest BCUT2D eigenvalue weighted by Crippen LogP contribution is -2.51. The van der Waals surface area contributed by atoms with Crippen LogP contribution >= 0.6 is 12.2 Å². The number of unbranched alkanes of at least 4 members (excludes halogenated alkanes) is 1. The second kappa shape index (κ2) is 5.31. The van der Waals surface area contributed by atoms with Crippen LogP contribution in [-0.4, -0.2) is 22.4 Å². The van der Waals surface area contributed by atoms with Gasteiger partial charge in [0.2, 0.25) is 0 Å². The van der Waals surface area contributed by atoms with Crippen LogP contribution in [0.5, 0.6) is 0 Å². The third kappa shape index (κ3) is 2.35. The second-order valence-electron chi connectivity index (χ2n) is 7.94. The molecule has 4 aliphatic carbocycles. The summed E-state index contributed by atoms with van der Waals surface area (Å²) in [6.07, 6.45) is 11.5. The number of aliphatic hydroxyl groups is 1. The molecule has 0 aromatic carbocycles. The Morgan fingerprint density at radius 3 is 2.29 bits per heavy atom. The van der Waals surface area contributed by atoms with Crippen LogP contribution in [0.4, 0.5) is 0 Å². The van der Waals surface area contributed by atoms with E-state index in [0.717, 1.165) is 42.0 Å². The van der Waals surface area contributed by atoms with E-state index in [1.807, 2.05) is 0 Å². The van der Waals surface area contributed by atoms with Gasteiger partial charge in [0.25, 0.3) is 0 Å². The minimum absolute atomic E-state index is 0.288. The van der Waals surface area contributed by atoms with E-state index in [-0.39, 0.29) is 6.61 Å². The molecule has 21 heavy (non-hydrogen) atoms. The zero-order valence-electron chi connectivity index (χ0n) is 12.7. The Kier molecular flexibility index (Phi) is 3.57. The first-order valence-electron chi connectivity index (χ1n) is 8.69. The van der Waals surface area contributed by atoms with E-state index in [9.17, 15) is 0 Å². The first-order valence-corrected chi connectivity index (χ1v) is 9.10. The van der Waals surface area contributed by atoms with E-state index in [2.05, 4.69) is 5.43 Å². The fourth-order valence-corrected chi connectivity index (χ4v) is 6.31. The highest BCUT2D eigenvalue weighted by atomic mass is 32.1. The molecule has 116 valence electrons. The highest BCUT2D eigenvalue weighted by Gasteiger charge is 2.55. The van der Waals surface area contributed by atoms with Gasteiger partial charge >= 0.3 is 0 Å². The lowest BCUT2D eigenvalue weighted by molar-refractivity contribution is -0.0139. The maximum Gasteiger partial charge on any atom is 0.105 e. The van der Waals surface area contributed by atoms with Crippen molar-refractivity contribution in [1.29, 1.82) is 0 Å². The van der Waals surface area contributed by atoms with Gasteiger partial charge in [-0.1, -0.05) is 18.6 Å². The number of aliphatic hydroxyl groups excluding tert-OH is 1. The molecule has 4 heteroatoms. The third-order valence-corrected chi connectivity index (χ3v) is 6.79. The quantitative estimate of drug-likeness (QED) is 0.605. The van der Waals surface area contributed by atoms with Gasteiger partial charge in [-0.2, -0.15) is 5.10 Å². The van der Waals surface area contributed by atoms with Crippen LogP contribution in [0.3, 0.4) is 0 Å². The molecule has 0 aromatic heterocycles. The molecule has 0 amide bonds. The molecule has 0 saturated heterocycles. The minimum Gasteiger partial charge on any atom is -0.396 e. The summed E-state index contributed by atoms with van der Waals surface area (Å²) < 4.78 is 0. The molecule has 5 aliphatic rings. The molecule has 4 bridgehead atoms. The van der Waals surface area contributed by atoms with E-state index in [0.29, 0.717) is 11.3 Å². The van der Waals surface area contributed by atoms with Gasteiger partial charge in [0, 0.05) is 12.0 Å². The molecular weight excluding hydrogens is 280 g/mol. The van der Waals surface area contributed by atoms with Crippen molar-refractivity contribution >= 4 is 22.9 Å². The maximum absolute atomic E-state index is 9.02. The Morgan fingerprint density at radius 2 is 1.71 bits per heavy atom. The van der Waals surface area contributed by atoms with Crippen LogP contribution < -0.4 is 5.43 Å². The normalized spacial score (nSPS) is 44.0. The third-order valence-electron chi connectivity index (χ3n) is 6.42. The molecule has 0 radical (unpaired) electrons. The van der Waals surface area contributed by atoms with Crippen LogP contribution in [0.25, 0.3) is 0 Å². The largest absolute Gasteiger partial charge is 0.396 e. The summed E-state index contributed by atoms with van der Waals surface area (Å²) in [4.78, 5) is 0.929. The van der Waals surface area contributed by atoms with Gasteiger partial charge in [-0.3, -0.25) is 5.43 Å². The van der Waals surface area contributed by atoms with E-state index in [1.54, 1.807) is 0 Å². The Balaban J connectivity index is 1.55. The molecule has 5 rings (SSSR count). The Morgan fingerprint density at radius 1 is 1.10 bits per heavy atom. The van der Waals surface area contributed by atoms with Gasteiger partial charge in [0.05, 0.1) is 11.6 Å². The van der Waals surface area contributed by atoms with Crippen LogP contribution in [-0.2, 0) is 0 Å². The lowest BCUT2D eigenvalue weighted by atomic mass is 9.47. The van der Waals surface area contributed by atoms with Gasteiger partial charge in [-0.25, -0.2) is 0 Å². The molecule has 1 atom stereocenters. The van der Waals surface area contributed by atoms with Gasteiger partial charge < -0.3 is 5.11 Å². The zero-order chi connectivity index (χ0) is 14.4. The van der Waals surface area contributed by atoms with Gasteiger partial charge in [-0.05, 0) is 69.1 Å². The number of hydrogen-bond acceptors (Lipinski definition) is 3. The van der Waals surface area contributed by atoms with E-state index in [4.69, 9.17) is 22.4 Å². The molecule has 1 heterocycles. The topological polar surface area (TPSA) is 44.6 Å². The summed E-state index contributed by atoms with van der Waals surface area (Å²) >= 11 is 5.53. The maximum atomic E-state index is 9.02. The summed E-state index contributed by atoms with van der Waals surface area (Å²) in [5, 5.41) is 13.8. The average molecular weight is 306 g/mol. The van der Waals surface area contributed by atoms with Crippen molar-refractivity contribution in [2.45, 2.75) is 57.8 Å². The highest BCUT2D eigenvalue weighted by molar-refractivity contribution is 7.80. The van der Waals surface area contributed by atoms with Crippen molar-refractivity contribution < 1.29 is 5.11 Å². The molecular formula is C17H26N2OS. The van der Waals surface area contributed by atoms with Crippen molar-refractivity contribution in [3.63, 3.8) is 0 Å². The number of nitrogens with zero attached hydrogens (tertiary/aromatic N) is 1. The van der Waals surface area contributed by atoms with Gasteiger partial charge in [-0.15, -0.1) is 0 Å². The summed E-state index contributed by atoms with van der Waals surface area (Å²) in [5.74, 6) is 3.20. The van der Waals surface area contributed by atoms with Gasteiger partial charge in [0.15, 0.2) is 0 Å². The smallest absolute Gasteiger partial charge is 0.105 e. The van der Waals surface area contributed by atoms with Crippen LogP contribution in [0.2, 0.25) is 0 Å². The molecule has 0 aromatic rings. The fourth-order valence-electron chi connectivity index (χ4n) is 6.04. The molecule has 1 aliphatic heterocycles. The molecule has 4 fully saturated rings. The van der Waals surface area contributed by atoms with E-state index >= 15 is 0 Å². The van der Waals surface area contributed by atoms with Gasteiger partial charge in [0.1, 0.15) is 4.99 Å². The van der Waals surface area contributed by atoms with Crippen molar-refractivity contribution in [2.75, 3.05) is 6.61 Å². The highest BCUT2D eigenvalue weighted by Crippen LogP contribution is 2.61. The standard InChI is InChI=1S/C17H26N2OS/c20-4-2-1-3-14-15(18-19-16(14)21)17-8-11-5-12(9-17)7-13(6-11)10-17/h11-14,20H,1-10H2,(H,19,21). The SMILES string of the molecule is OCCCCC1C(=S)NN=C1C12CC3CC(CC(C3)C1)C2. The van der Waals surface area contributed by atoms with Crippen LogP contribution in [0.15, 0.2) is 5.10 Å². The number of nitrogens with one attached hydrogen (secondary N) is 1. The first-order chi connectivity index (χ1) is 10.2. The Labute approximate surface area is 132 Å². The Hall–Kier alpha value is -0.480. The number of rotatable bonds is 5. The van der Waals surface area contributed by atoms with Crippen molar-refractivity contribution in [3.8, 4) is 0 Å². The monoisotopic (exact) mass is 306 g/mol. The lowest BCUT2D eigenvalue weighted by Gasteiger charge is -2.57. The predicted molar refractivity (Wildman–Crippen MR) is 88.2 cm³/mol. The number of hydrogen-bond donors (Lipinski definition) is 2. The Bertz CT molecular complexity index is 438.